The van der Waals surface area contributed by atoms with Crippen molar-refractivity contribution in [2.45, 2.75) is 32.2 Å². The Morgan fingerprint density at radius 1 is 1.67 bits per heavy atom. The second kappa shape index (κ2) is 4.81. The Hall–Kier alpha value is -0.810. The lowest BCUT2D eigenvalue weighted by atomic mass is 9.90. The fourth-order valence-electron chi connectivity index (χ4n) is 1.86. The highest BCUT2D eigenvalue weighted by molar-refractivity contribution is 7.03. The van der Waals surface area contributed by atoms with Gasteiger partial charge in [0, 0.05) is 23.9 Å². The molecule has 1 fully saturated rings. The van der Waals surface area contributed by atoms with Crippen LogP contribution in [0.5, 0.6) is 0 Å². The SMILES string of the molecule is CC1CCC(C(=O)Cc2csnn2)CN1. The van der Waals surface area contributed by atoms with Crippen LogP contribution in [-0.4, -0.2) is 28.0 Å². The van der Waals surface area contributed by atoms with Gasteiger partial charge in [-0.3, -0.25) is 4.79 Å². The van der Waals surface area contributed by atoms with Crippen LogP contribution in [0.25, 0.3) is 0 Å². The lowest BCUT2D eigenvalue weighted by molar-refractivity contribution is -0.122. The molecule has 1 saturated heterocycles. The van der Waals surface area contributed by atoms with E-state index in [1.807, 2.05) is 5.38 Å². The van der Waals surface area contributed by atoms with Gasteiger partial charge in [-0.05, 0) is 31.3 Å². The summed E-state index contributed by atoms with van der Waals surface area (Å²) in [4.78, 5) is 11.9. The first-order valence-corrected chi connectivity index (χ1v) is 6.11. The van der Waals surface area contributed by atoms with Gasteiger partial charge in [0.1, 0.15) is 5.78 Å². The fraction of sp³-hybridized carbons (Fsp3) is 0.700. The molecule has 4 nitrogen and oxygen atoms in total. The topological polar surface area (TPSA) is 54.9 Å². The molecule has 2 heterocycles. The van der Waals surface area contributed by atoms with Crippen molar-refractivity contribution >= 4 is 17.3 Å². The molecule has 15 heavy (non-hydrogen) atoms. The number of ketones is 1. The van der Waals surface area contributed by atoms with Gasteiger partial charge in [0.05, 0.1) is 12.1 Å². The van der Waals surface area contributed by atoms with E-state index in [0.717, 1.165) is 25.1 Å². The smallest absolute Gasteiger partial charge is 0.143 e. The molecule has 1 aliphatic rings. The zero-order valence-electron chi connectivity index (χ0n) is 8.77. The maximum Gasteiger partial charge on any atom is 0.143 e. The van der Waals surface area contributed by atoms with Crippen LogP contribution in [0.4, 0.5) is 0 Å². The summed E-state index contributed by atoms with van der Waals surface area (Å²) in [6.45, 7) is 2.97. The number of carbonyl (C=O) groups excluding carboxylic acids is 1. The number of aromatic nitrogens is 2. The summed E-state index contributed by atoms with van der Waals surface area (Å²) in [6, 6.07) is 0.551. The van der Waals surface area contributed by atoms with E-state index in [9.17, 15) is 4.79 Å². The van der Waals surface area contributed by atoms with Crippen LogP contribution in [0.3, 0.4) is 0 Å². The first-order valence-electron chi connectivity index (χ1n) is 5.27. The summed E-state index contributed by atoms with van der Waals surface area (Å²) in [7, 11) is 0. The van der Waals surface area contributed by atoms with Crippen molar-refractivity contribution in [1.82, 2.24) is 14.9 Å². The van der Waals surface area contributed by atoms with E-state index in [-0.39, 0.29) is 5.92 Å². The predicted molar refractivity (Wildman–Crippen MR) is 58.8 cm³/mol. The first-order chi connectivity index (χ1) is 7.25. The summed E-state index contributed by atoms with van der Waals surface area (Å²) in [5.41, 5.74) is 0.809. The highest BCUT2D eigenvalue weighted by atomic mass is 32.1. The lowest BCUT2D eigenvalue weighted by Gasteiger charge is -2.26. The van der Waals surface area contributed by atoms with Gasteiger partial charge >= 0.3 is 0 Å². The van der Waals surface area contributed by atoms with E-state index < -0.39 is 0 Å². The number of piperidine rings is 1. The number of nitrogens with one attached hydrogen (secondary N) is 1. The van der Waals surface area contributed by atoms with Crippen LogP contribution >= 0.6 is 11.5 Å². The van der Waals surface area contributed by atoms with Crippen LogP contribution in [0.15, 0.2) is 5.38 Å². The molecule has 1 aromatic heterocycles. The Morgan fingerprint density at radius 2 is 2.53 bits per heavy atom. The van der Waals surface area contributed by atoms with Gasteiger partial charge in [-0.15, -0.1) is 5.10 Å². The third-order valence-corrected chi connectivity index (χ3v) is 3.43. The zero-order valence-corrected chi connectivity index (χ0v) is 9.59. The standard InChI is InChI=1S/C10H15N3OS/c1-7-2-3-8(5-11-7)10(14)4-9-6-15-13-12-9/h6-8,11H,2-5H2,1H3. The van der Waals surface area contributed by atoms with E-state index in [1.165, 1.54) is 11.5 Å². The largest absolute Gasteiger partial charge is 0.314 e. The molecule has 0 aliphatic carbocycles. The number of Topliss-reactive ketones (excluding diaryl/α,β-unsaturated/α-hetero) is 1. The summed E-state index contributed by atoms with van der Waals surface area (Å²) < 4.78 is 3.76. The minimum atomic E-state index is 0.169. The van der Waals surface area contributed by atoms with Crippen LogP contribution in [0.1, 0.15) is 25.5 Å². The second-order valence-corrected chi connectivity index (χ2v) is 4.73. The summed E-state index contributed by atoms with van der Waals surface area (Å²) in [5, 5.41) is 9.08. The highest BCUT2D eigenvalue weighted by Crippen LogP contribution is 2.16. The van der Waals surface area contributed by atoms with E-state index >= 15 is 0 Å². The van der Waals surface area contributed by atoms with Gasteiger partial charge in [0.25, 0.3) is 0 Å². The molecular weight excluding hydrogens is 210 g/mol. The van der Waals surface area contributed by atoms with Crippen LogP contribution in [0, 0.1) is 5.92 Å². The molecule has 5 heteroatoms. The molecule has 1 aromatic rings. The Bertz CT molecular complexity index is 317. The van der Waals surface area contributed by atoms with Gasteiger partial charge in [0.2, 0.25) is 0 Å². The molecule has 0 bridgehead atoms. The predicted octanol–water partition coefficient (Wildman–Crippen LogP) is 1.04. The van der Waals surface area contributed by atoms with E-state index in [1.54, 1.807) is 0 Å². The molecule has 0 saturated carbocycles. The number of nitrogens with zero attached hydrogens (tertiary/aromatic N) is 2. The maximum atomic E-state index is 11.9. The molecule has 2 rings (SSSR count). The van der Waals surface area contributed by atoms with Crippen molar-refractivity contribution in [3.05, 3.63) is 11.1 Å². The average molecular weight is 225 g/mol. The van der Waals surface area contributed by atoms with Gasteiger partial charge < -0.3 is 5.32 Å². The first kappa shape index (κ1) is 10.7. The monoisotopic (exact) mass is 225 g/mol. The molecule has 0 radical (unpaired) electrons. The highest BCUT2D eigenvalue weighted by Gasteiger charge is 2.24. The second-order valence-electron chi connectivity index (χ2n) is 4.12. The van der Waals surface area contributed by atoms with Crippen molar-refractivity contribution in [2.24, 2.45) is 5.92 Å². The van der Waals surface area contributed by atoms with E-state index in [4.69, 9.17) is 0 Å². The molecule has 2 atom stereocenters. The molecule has 0 spiro atoms. The fourth-order valence-corrected chi connectivity index (χ4v) is 2.31. The third kappa shape index (κ3) is 2.82. The van der Waals surface area contributed by atoms with Gasteiger partial charge in [-0.1, -0.05) is 4.49 Å². The quantitative estimate of drug-likeness (QED) is 0.835. The Morgan fingerprint density at radius 3 is 3.13 bits per heavy atom. The number of carbonyl (C=O) groups is 1. The number of rotatable bonds is 3. The van der Waals surface area contributed by atoms with E-state index in [2.05, 4.69) is 21.8 Å². The summed E-state index contributed by atoms with van der Waals surface area (Å²) in [6.07, 6.45) is 2.54. The van der Waals surface area contributed by atoms with Gasteiger partial charge in [0.15, 0.2) is 0 Å². The Balaban J connectivity index is 1.86. The number of hydrogen-bond donors (Lipinski definition) is 1. The molecule has 1 N–H and O–H groups in total. The summed E-state index contributed by atoms with van der Waals surface area (Å²) in [5.74, 6) is 0.463. The van der Waals surface area contributed by atoms with Crippen LogP contribution in [-0.2, 0) is 11.2 Å². The van der Waals surface area contributed by atoms with Crippen molar-refractivity contribution < 1.29 is 4.79 Å². The lowest BCUT2D eigenvalue weighted by Crippen LogP contribution is -2.40. The third-order valence-electron chi connectivity index (χ3n) is 2.88. The molecule has 0 amide bonds. The minimum Gasteiger partial charge on any atom is -0.314 e. The van der Waals surface area contributed by atoms with Crippen LogP contribution < -0.4 is 5.32 Å². The molecule has 2 unspecified atom stereocenters. The Labute approximate surface area is 93.2 Å². The minimum absolute atomic E-state index is 0.169. The van der Waals surface area contributed by atoms with E-state index in [0.29, 0.717) is 18.2 Å². The molecular formula is C10H15N3OS. The van der Waals surface area contributed by atoms with Crippen molar-refractivity contribution in [3.63, 3.8) is 0 Å². The Kier molecular flexibility index (Phi) is 3.43. The average Bonchev–Trinajstić information content (AvgIpc) is 2.71. The normalized spacial score (nSPS) is 26.5. The maximum absolute atomic E-state index is 11.9. The molecule has 1 aliphatic heterocycles. The van der Waals surface area contributed by atoms with Crippen molar-refractivity contribution in [2.75, 3.05) is 6.54 Å². The zero-order chi connectivity index (χ0) is 10.7. The summed E-state index contributed by atoms with van der Waals surface area (Å²) >= 11 is 1.30. The number of hydrogen-bond acceptors (Lipinski definition) is 5. The van der Waals surface area contributed by atoms with Gasteiger partial charge in [-0.2, -0.15) is 0 Å². The van der Waals surface area contributed by atoms with Crippen LogP contribution in [0.2, 0.25) is 0 Å². The molecule has 0 aromatic carbocycles. The van der Waals surface area contributed by atoms with Crippen molar-refractivity contribution in [3.8, 4) is 0 Å². The van der Waals surface area contributed by atoms with Crippen molar-refractivity contribution in [1.29, 1.82) is 0 Å². The van der Waals surface area contributed by atoms with Gasteiger partial charge in [-0.25, -0.2) is 0 Å². The molecule has 82 valence electrons.